The van der Waals surface area contributed by atoms with E-state index in [1.807, 2.05) is 36.4 Å². The standard InChI is InChI=1S/C37H27Cl2NO5/c1-40-16-8-15-24-33(40)22-13-6-5-12-21(22)28-30(31-29(37(43)44)26(38)17-25(32(31)39)36(41)42)27-20-11-4-2-9-18(20)19-10-3-7-14-23(19)34(27)45-35(24)28/h2,4-6,9-13,17H,3,7-8,14-16H2,1H3,(H,41,42)(H,43,44). The van der Waals surface area contributed by atoms with Crippen molar-refractivity contribution in [1.82, 2.24) is 0 Å². The number of aromatic carboxylic acids is 2. The Morgan fingerprint density at radius 2 is 1.51 bits per heavy atom. The van der Waals surface area contributed by atoms with Crippen molar-refractivity contribution in [3.05, 3.63) is 108 Å². The Balaban J connectivity index is 1.72. The molecule has 45 heavy (non-hydrogen) atoms. The molecule has 0 atom stereocenters. The molecule has 224 valence electrons. The number of halogens is 2. The molecule has 2 heterocycles. The first-order valence-corrected chi connectivity index (χ1v) is 15.8. The number of carbonyl (C=O) groups is 2. The fraction of sp³-hybridized carbons (Fsp3) is 0.189. The highest BCUT2D eigenvalue weighted by Crippen LogP contribution is 2.52. The number of nitrogens with zero attached hydrogens (tertiary/aromatic N) is 1. The zero-order valence-electron chi connectivity index (χ0n) is 24.3. The molecule has 5 aromatic carbocycles. The lowest BCUT2D eigenvalue weighted by atomic mass is 9.80. The SMILES string of the molecule is CN1CCCc2c3c(c4ccccc4c21)C(c1c(Cl)c(C(=O)O)cc(Cl)c1C(=O)O)=c1c(c2c(c4ccccc14)=CCCC2)O3. The van der Waals surface area contributed by atoms with Gasteiger partial charge in [-0.05, 0) is 59.5 Å². The number of ether oxygens (including phenoxy) is 1. The summed E-state index contributed by atoms with van der Waals surface area (Å²) >= 11 is 13.7. The first kappa shape index (κ1) is 28.0. The number of hydrogen-bond acceptors (Lipinski definition) is 4. The van der Waals surface area contributed by atoms with Crippen LogP contribution in [0.5, 0.6) is 11.5 Å². The van der Waals surface area contributed by atoms with Crippen LogP contribution in [0.4, 0.5) is 5.69 Å². The molecule has 1 aliphatic carbocycles. The fourth-order valence-electron chi connectivity index (χ4n) is 7.65. The highest BCUT2D eigenvalue weighted by molar-refractivity contribution is 6.40. The molecule has 2 aliphatic heterocycles. The Labute approximate surface area is 268 Å². The molecule has 6 nitrogen and oxygen atoms in total. The van der Waals surface area contributed by atoms with Gasteiger partial charge in [-0.15, -0.1) is 0 Å². The molecular formula is C37H27Cl2NO5. The van der Waals surface area contributed by atoms with Gasteiger partial charge in [0.2, 0.25) is 0 Å². The minimum atomic E-state index is -1.30. The van der Waals surface area contributed by atoms with Crippen LogP contribution in [0, 0.1) is 0 Å². The number of carboxylic acids is 2. The van der Waals surface area contributed by atoms with Gasteiger partial charge in [0.1, 0.15) is 11.5 Å². The van der Waals surface area contributed by atoms with Crippen LogP contribution >= 0.6 is 23.2 Å². The summed E-state index contributed by atoms with van der Waals surface area (Å²) in [6, 6.07) is 17.2. The number of fused-ring (bicyclic) bond motifs is 12. The van der Waals surface area contributed by atoms with E-state index in [2.05, 4.69) is 30.2 Å². The van der Waals surface area contributed by atoms with Gasteiger partial charge in [0.05, 0.1) is 26.9 Å². The van der Waals surface area contributed by atoms with Gasteiger partial charge in [-0.3, -0.25) is 0 Å². The van der Waals surface area contributed by atoms with Crippen LogP contribution in [-0.2, 0) is 12.8 Å². The van der Waals surface area contributed by atoms with E-state index in [1.165, 1.54) is 0 Å². The Morgan fingerprint density at radius 3 is 2.24 bits per heavy atom. The summed E-state index contributed by atoms with van der Waals surface area (Å²) in [6.07, 6.45) is 6.62. The van der Waals surface area contributed by atoms with E-state index in [4.69, 9.17) is 27.9 Å². The molecular weight excluding hydrogens is 609 g/mol. The second-order valence-corrected chi connectivity index (χ2v) is 12.7. The minimum absolute atomic E-state index is 0.0824. The van der Waals surface area contributed by atoms with Crippen molar-refractivity contribution >= 4 is 74.0 Å². The summed E-state index contributed by atoms with van der Waals surface area (Å²) in [6.45, 7) is 0.892. The van der Waals surface area contributed by atoms with Crippen LogP contribution in [0.15, 0.2) is 54.6 Å². The summed E-state index contributed by atoms with van der Waals surface area (Å²) in [7, 11) is 2.08. The van der Waals surface area contributed by atoms with Gasteiger partial charge in [-0.2, -0.15) is 0 Å². The monoisotopic (exact) mass is 635 g/mol. The summed E-state index contributed by atoms with van der Waals surface area (Å²) < 4.78 is 7.13. The lowest BCUT2D eigenvalue weighted by molar-refractivity contribution is 0.0681. The van der Waals surface area contributed by atoms with Crippen molar-refractivity contribution in [2.75, 3.05) is 18.5 Å². The molecule has 0 amide bonds. The molecule has 8 rings (SSSR count). The van der Waals surface area contributed by atoms with Gasteiger partial charge in [-0.25, -0.2) is 9.59 Å². The van der Waals surface area contributed by atoms with Crippen LogP contribution in [0.3, 0.4) is 0 Å². The number of hydrogen-bond donors (Lipinski definition) is 2. The second-order valence-electron chi connectivity index (χ2n) is 11.9. The summed E-state index contributed by atoms with van der Waals surface area (Å²) in [4.78, 5) is 27.8. The third-order valence-electron chi connectivity index (χ3n) is 9.45. The van der Waals surface area contributed by atoms with Crippen LogP contribution in [-0.4, -0.2) is 35.7 Å². The van der Waals surface area contributed by atoms with Gasteiger partial charge >= 0.3 is 11.9 Å². The van der Waals surface area contributed by atoms with Gasteiger partial charge in [0.25, 0.3) is 0 Å². The number of carboxylic acid groups (broad SMARTS) is 2. The minimum Gasteiger partial charge on any atom is -0.478 e. The predicted octanol–water partition coefficient (Wildman–Crippen LogP) is 7.55. The van der Waals surface area contributed by atoms with E-state index < -0.39 is 11.9 Å². The quantitative estimate of drug-likeness (QED) is 0.209. The first-order valence-electron chi connectivity index (χ1n) is 15.0. The number of anilines is 1. The number of rotatable bonds is 3. The Hall–Kier alpha value is -4.52. The lowest BCUT2D eigenvalue weighted by Gasteiger charge is -2.35. The van der Waals surface area contributed by atoms with Gasteiger partial charge < -0.3 is 19.8 Å². The van der Waals surface area contributed by atoms with E-state index in [1.54, 1.807) is 0 Å². The first-order chi connectivity index (χ1) is 21.8. The van der Waals surface area contributed by atoms with Crippen molar-refractivity contribution < 1.29 is 24.5 Å². The largest absolute Gasteiger partial charge is 0.478 e. The topological polar surface area (TPSA) is 87.1 Å². The zero-order valence-corrected chi connectivity index (χ0v) is 25.9. The predicted molar refractivity (Wildman–Crippen MR) is 178 cm³/mol. The fourth-order valence-corrected chi connectivity index (χ4v) is 8.26. The average molecular weight is 637 g/mol. The van der Waals surface area contributed by atoms with Crippen molar-refractivity contribution in [2.45, 2.75) is 32.1 Å². The van der Waals surface area contributed by atoms with E-state index >= 15 is 0 Å². The molecule has 8 heteroatoms. The van der Waals surface area contributed by atoms with E-state index in [0.29, 0.717) is 27.9 Å². The highest BCUT2D eigenvalue weighted by Gasteiger charge is 2.36. The lowest BCUT2D eigenvalue weighted by Crippen LogP contribution is -2.30. The van der Waals surface area contributed by atoms with Crippen molar-refractivity contribution in [3.63, 3.8) is 0 Å². The van der Waals surface area contributed by atoms with Crippen molar-refractivity contribution in [3.8, 4) is 11.5 Å². The molecule has 0 spiro atoms. The van der Waals surface area contributed by atoms with Gasteiger partial charge in [0.15, 0.2) is 0 Å². The third kappa shape index (κ3) is 3.95. The maximum absolute atomic E-state index is 13.0. The zero-order chi connectivity index (χ0) is 31.1. The average Bonchev–Trinajstić information content (AvgIpc) is 3.04. The van der Waals surface area contributed by atoms with Crippen LogP contribution in [0.25, 0.3) is 33.2 Å². The summed E-state index contributed by atoms with van der Waals surface area (Å²) in [5.41, 5.74) is 3.97. The second kappa shape index (κ2) is 10.3. The van der Waals surface area contributed by atoms with Crippen LogP contribution in [0.1, 0.15) is 62.2 Å². The normalized spacial score (nSPS) is 15.1. The Morgan fingerprint density at radius 1 is 0.822 bits per heavy atom. The maximum Gasteiger partial charge on any atom is 0.337 e. The van der Waals surface area contributed by atoms with Crippen molar-refractivity contribution in [2.24, 2.45) is 0 Å². The van der Waals surface area contributed by atoms with E-state index in [0.717, 1.165) is 88.3 Å². The third-order valence-corrected chi connectivity index (χ3v) is 10.1. The molecule has 0 saturated carbocycles. The maximum atomic E-state index is 13.0. The van der Waals surface area contributed by atoms with E-state index in [9.17, 15) is 19.8 Å². The molecule has 3 aliphatic rings. The molecule has 0 fully saturated rings. The number of benzene rings is 5. The van der Waals surface area contributed by atoms with Gasteiger partial charge in [0, 0.05) is 52.0 Å². The van der Waals surface area contributed by atoms with Gasteiger partial charge in [-0.1, -0.05) is 77.8 Å². The molecule has 2 N–H and O–H groups in total. The molecule has 0 unspecified atom stereocenters. The van der Waals surface area contributed by atoms with Crippen LogP contribution in [0.2, 0.25) is 10.0 Å². The highest BCUT2D eigenvalue weighted by atomic mass is 35.5. The molecule has 0 radical (unpaired) electrons. The van der Waals surface area contributed by atoms with E-state index in [-0.39, 0.29) is 26.7 Å². The molecule has 5 aromatic rings. The smallest absolute Gasteiger partial charge is 0.337 e. The Bertz CT molecular complexity index is 2310. The summed E-state index contributed by atoms with van der Waals surface area (Å²) in [5.74, 6) is -1.27. The molecule has 0 aromatic heterocycles. The Kier molecular flexibility index (Phi) is 6.38. The molecule has 0 saturated heterocycles. The summed E-state index contributed by atoms with van der Waals surface area (Å²) in [5, 5.41) is 26.0. The van der Waals surface area contributed by atoms with Crippen LogP contribution < -0.4 is 20.1 Å². The van der Waals surface area contributed by atoms with Crippen molar-refractivity contribution in [1.29, 1.82) is 0 Å². The molecule has 0 bridgehead atoms.